The summed E-state index contributed by atoms with van der Waals surface area (Å²) in [4.78, 5) is 25.7. The summed E-state index contributed by atoms with van der Waals surface area (Å²) in [5.41, 5.74) is -0.730. The van der Waals surface area contributed by atoms with Gasteiger partial charge in [0.25, 0.3) is 0 Å². The molecule has 30 heavy (non-hydrogen) atoms. The molecule has 1 fully saturated rings. The number of hydrogen-bond donors (Lipinski definition) is 0. The number of alkyl halides is 3. The van der Waals surface area contributed by atoms with E-state index in [1.165, 1.54) is 10.0 Å². The molecule has 0 aromatic heterocycles. The Balaban J connectivity index is 3.07. The monoisotopic (exact) mass is 504 g/mol. The molecule has 11 heteroatoms. The van der Waals surface area contributed by atoms with E-state index in [0.717, 1.165) is 0 Å². The number of amides is 2. The van der Waals surface area contributed by atoms with E-state index >= 15 is 0 Å². The normalized spacial score (nSPS) is 19.0. The topological polar surface area (TPSA) is 68.3 Å². The summed E-state index contributed by atoms with van der Waals surface area (Å²) in [6.45, 7) is 16.2. The third kappa shape index (κ3) is 8.61. The Morgan fingerprint density at radius 2 is 1.60 bits per heavy atom. The molecule has 1 aliphatic rings. The lowest BCUT2D eigenvalue weighted by molar-refractivity contribution is -0.0905. The summed E-state index contributed by atoms with van der Waals surface area (Å²) < 4.78 is 15.3. The summed E-state index contributed by atoms with van der Waals surface area (Å²) in [5, 5.41) is 2.53. The Morgan fingerprint density at radius 1 is 1.03 bits per heavy atom. The third-order valence-electron chi connectivity index (χ3n) is 5.11. The fraction of sp³-hybridized carbons (Fsp3) is 0.895. The summed E-state index contributed by atoms with van der Waals surface area (Å²) in [7, 11) is -2.06. The molecule has 1 aliphatic heterocycles. The van der Waals surface area contributed by atoms with Gasteiger partial charge >= 0.3 is 12.2 Å². The van der Waals surface area contributed by atoms with Crippen molar-refractivity contribution in [3.05, 3.63) is 0 Å². The van der Waals surface area contributed by atoms with Crippen molar-refractivity contribution in [2.75, 3.05) is 19.8 Å². The number of hydrogen-bond acceptors (Lipinski definition) is 5. The van der Waals surface area contributed by atoms with Crippen LogP contribution in [-0.2, 0) is 13.9 Å². The largest absolute Gasteiger partial charge is 0.444 e. The van der Waals surface area contributed by atoms with Gasteiger partial charge in [0, 0.05) is 6.54 Å². The van der Waals surface area contributed by atoms with Gasteiger partial charge in [0.05, 0.1) is 12.6 Å². The molecule has 0 aromatic carbocycles. The van der Waals surface area contributed by atoms with E-state index in [2.05, 4.69) is 33.9 Å². The number of rotatable bonds is 4. The van der Waals surface area contributed by atoms with Gasteiger partial charge in [-0.3, -0.25) is 0 Å². The molecule has 1 rings (SSSR count). The summed E-state index contributed by atoms with van der Waals surface area (Å²) in [6, 6.07) is -0.372. The highest BCUT2D eigenvalue weighted by Crippen LogP contribution is 2.37. The van der Waals surface area contributed by atoms with E-state index in [-0.39, 0.29) is 17.6 Å². The van der Waals surface area contributed by atoms with Crippen LogP contribution in [0.5, 0.6) is 0 Å². The minimum atomic E-state index is -2.06. The van der Waals surface area contributed by atoms with Crippen LogP contribution in [0.4, 0.5) is 9.59 Å². The molecular weight excluding hydrogens is 471 g/mol. The van der Waals surface area contributed by atoms with Crippen LogP contribution in [0.2, 0.25) is 18.1 Å². The van der Waals surface area contributed by atoms with Gasteiger partial charge in [-0.05, 0) is 51.7 Å². The van der Waals surface area contributed by atoms with Crippen LogP contribution < -0.4 is 0 Å². The molecule has 0 N–H and O–H groups in total. The fourth-order valence-electron chi connectivity index (χ4n) is 2.53. The Kier molecular flexibility index (Phi) is 9.23. The second kappa shape index (κ2) is 10.0. The molecule has 0 bridgehead atoms. The highest BCUT2D eigenvalue weighted by Gasteiger charge is 2.43. The minimum Gasteiger partial charge on any atom is -0.444 e. The summed E-state index contributed by atoms with van der Waals surface area (Å²) in [6.07, 6.45) is -0.0726. The fourth-order valence-corrected chi connectivity index (χ4v) is 3.74. The van der Waals surface area contributed by atoms with Gasteiger partial charge in [-0.1, -0.05) is 55.6 Å². The first-order chi connectivity index (χ1) is 13.3. The van der Waals surface area contributed by atoms with E-state index in [4.69, 9.17) is 48.7 Å². The Labute approximate surface area is 196 Å². The van der Waals surface area contributed by atoms with E-state index in [0.29, 0.717) is 19.4 Å². The molecule has 0 unspecified atom stereocenters. The molecule has 0 aliphatic carbocycles. The maximum absolute atomic E-state index is 13.0. The Morgan fingerprint density at radius 3 is 2.07 bits per heavy atom. The predicted molar refractivity (Wildman–Crippen MR) is 123 cm³/mol. The van der Waals surface area contributed by atoms with Crippen LogP contribution in [0.15, 0.2) is 0 Å². The SMILES string of the molecule is CC(C)(C)OC(=O)N1[C@H](CO[Si](C)(C)C(C)(C)C)CCCN1C(=O)OCC(Cl)(Cl)Cl. The summed E-state index contributed by atoms with van der Waals surface area (Å²) >= 11 is 17.1. The zero-order valence-electron chi connectivity index (χ0n) is 19.2. The maximum Gasteiger partial charge on any atom is 0.429 e. The van der Waals surface area contributed by atoms with Crippen LogP contribution in [0.25, 0.3) is 0 Å². The van der Waals surface area contributed by atoms with Gasteiger partial charge in [-0.15, -0.1) is 0 Å². The molecule has 0 saturated carbocycles. The number of ether oxygens (including phenoxy) is 2. The predicted octanol–water partition coefficient (Wildman–Crippen LogP) is 6.13. The maximum atomic E-state index is 13.0. The second-order valence-electron chi connectivity index (χ2n) is 9.99. The van der Waals surface area contributed by atoms with Crippen LogP contribution in [0.3, 0.4) is 0 Å². The molecule has 2 amide bonds. The van der Waals surface area contributed by atoms with Gasteiger partial charge in [0.1, 0.15) is 12.2 Å². The van der Waals surface area contributed by atoms with Crippen molar-refractivity contribution in [1.82, 2.24) is 10.0 Å². The third-order valence-corrected chi connectivity index (χ3v) is 9.93. The van der Waals surface area contributed by atoms with E-state index in [1.807, 2.05) is 0 Å². The van der Waals surface area contributed by atoms with Gasteiger partial charge in [0.15, 0.2) is 8.32 Å². The highest BCUT2D eigenvalue weighted by molar-refractivity contribution is 6.74. The van der Waals surface area contributed by atoms with Gasteiger partial charge in [-0.25, -0.2) is 19.6 Å². The Hall–Kier alpha value is -0.413. The quantitative estimate of drug-likeness (QED) is 0.339. The molecule has 0 aromatic rings. The van der Waals surface area contributed by atoms with Crippen LogP contribution in [-0.4, -0.2) is 65.7 Å². The first-order valence-corrected chi connectivity index (χ1v) is 14.1. The number of carbonyl (C=O) groups excluding carboxylic acids is 2. The molecule has 176 valence electrons. The molecule has 1 heterocycles. The van der Waals surface area contributed by atoms with Crippen molar-refractivity contribution in [3.8, 4) is 0 Å². The van der Waals surface area contributed by atoms with Crippen molar-refractivity contribution >= 4 is 55.3 Å². The van der Waals surface area contributed by atoms with Gasteiger partial charge in [-0.2, -0.15) is 0 Å². The van der Waals surface area contributed by atoms with Crippen LogP contribution in [0, 0.1) is 0 Å². The zero-order chi connectivity index (χ0) is 23.5. The molecule has 7 nitrogen and oxygen atoms in total. The van der Waals surface area contributed by atoms with Gasteiger partial charge in [0.2, 0.25) is 3.79 Å². The second-order valence-corrected chi connectivity index (χ2v) is 17.3. The van der Waals surface area contributed by atoms with Crippen molar-refractivity contribution < 1.29 is 23.5 Å². The van der Waals surface area contributed by atoms with Crippen molar-refractivity contribution in [1.29, 1.82) is 0 Å². The van der Waals surface area contributed by atoms with Crippen molar-refractivity contribution in [2.45, 2.75) is 88.0 Å². The molecule has 0 spiro atoms. The lowest BCUT2D eigenvalue weighted by Crippen LogP contribution is -2.61. The zero-order valence-corrected chi connectivity index (χ0v) is 22.5. The summed E-state index contributed by atoms with van der Waals surface area (Å²) in [5.74, 6) is 0. The first-order valence-electron chi connectivity index (χ1n) is 10.0. The minimum absolute atomic E-state index is 0.0153. The van der Waals surface area contributed by atoms with Crippen LogP contribution in [0.1, 0.15) is 54.4 Å². The van der Waals surface area contributed by atoms with E-state index in [1.54, 1.807) is 20.8 Å². The van der Waals surface area contributed by atoms with Crippen LogP contribution >= 0.6 is 34.8 Å². The lowest BCUT2D eigenvalue weighted by Gasteiger charge is -2.45. The molecule has 1 saturated heterocycles. The standard InChI is InChI=1S/C19H35Cl3N2O5Si/c1-17(2,3)29-16(26)24-14(12-28-30(7,8)18(4,5)6)10-9-11-23(24)15(25)27-13-19(20,21)22/h14H,9-13H2,1-8H3/t14-/m0/s1. The average Bonchev–Trinajstić information content (AvgIpc) is 2.54. The average molecular weight is 506 g/mol. The Bertz CT molecular complexity index is 615. The number of hydrazine groups is 1. The smallest absolute Gasteiger partial charge is 0.429 e. The number of nitrogens with zero attached hydrogens (tertiary/aromatic N) is 2. The van der Waals surface area contributed by atoms with E-state index < -0.39 is 36.5 Å². The highest BCUT2D eigenvalue weighted by atomic mass is 35.6. The molecular formula is C19H35Cl3N2O5Si. The van der Waals surface area contributed by atoms with Crippen molar-refractivity contribution in [3.63, 3.8) is 0 Å². The number of carbonyl (C=O) groups is 2. The number of halogens is 3. The first kappa shape index (κ1) is 27.6. The molecule has 1 atom stereocenters. The lowest BCUT2D eigenvalue weighted by atomic mass is 10.1. The van der Waals surface area contributed by atoms with E-state index in [9.17, 15) is 9.59 Å². The van der Waals surface area contributed by atoms with Crippen molar-refractivity contribution in [2.24, 2.45) is 0 Å². The van der Waals surface area contributed by atoms with Gasteiger partial charge < -0.3 is 13.9 Å². The molecule has 0 radical (unpaired) electrons.